The molecule has 1 N–H and O–H groups in total. The molecule has 0 aromatic carbocycles. The van der Waals surface area contributed by atoms with Gasteiger partial charge in [-0.1, -0.05) is 0 Å². The van der Waals surface area contributed by atoms with Crippen molar-refractivity contribution >= 4 is 5.91 Å². The fourth-order valence-corrected chi connectivity index (χ4v) is 3.10. The molecule has 0 aliphatic carbocycles. The van der Waals surface area contributed by atoms with Crippen LogP contribution in [0.25, 0.3) is 0 Å². The van der Waals surface area contributed by atoms with E-state index in [9.17, 15) is 4.79 Å². The highest BCUT2D eigenvalue weighted by Gasteiger charge is 2.26. The molecule has 2 aliphatic heterocycles. The average molecular weight is 253 g/mol. The average Bonchev–Trinajstić information content (AvgIpc) is 2.41. The van der Waals surface area contributed by atoms with Gasteiger partial charge in [-0.25, -0.2) is 0 Å². The summed E-state index contributed by atoms with van der Waals surface area (Å²) in [6, 6.07) is 0. The zero-order valence-electron chi connectivity index (χ0n) is 11.8. The largest absolute Gasteiger partial charge is 0.345 e. The van der Waals surface area contributed by atoms with Gasteiger partial charge in [0.15, 0.2) is 0 Å². The van der Waals surface area contributed by atoms with Crippen molar-refractivity contribution < 1.29 is 4.79 Å². The molecule has 4 nitrogen and oxygen atoms in total. The van der Waals surface area contributed by atoms with Crippen LogP contribution in [0.1, 0.15) is 25.7 Å². The number of nitrogens with zero attached hydrogens (tertiary/aromatic N) is 2. The van der Waals surface area contributed by atoms with Gasteiger partial charge in [0.05, 0.1) is 0 Å². The molecule has 0 radical (unpaired) electrons. The summed E-state index contributed by atoms with van der Waals surface area (Å²) in [5.74, 6) is 1.34. The standard InChI is InChI=1S/C14H27N3O/c1-16-9-5-12(6-10-16)11-17(2)14(18)13-3-7-15-8-4-13/h12-13,15H,3-11H2,1-2H3. The van der Waals surface area contributed by atoms with Crippen LogP contribution in [0.4, 0.5) is 0 Å². The summed E-state index contributed by atoms with van der Waals surface area (Å²) in [6.45, 7) is 5.31. The number of carbonyl (C=O) groups excluding carboxylic acids is 1. The van der Waals surface area contributed by atoms with Crippen LogP contribution in [-0.4, -0.2) is 62.5 Å². The van der Waals surface area contributed by atoms with Crippen LogP contribution in [0.5, 0.6) is 0 Å². The van der Waals surface area contributed by atoms with Crippen molar-refractivity contribution in [2.75, 3.05) is 46.8 Å². The van der Waals surface area contributed by atoms with E-state index >= 15 is 0 Å². The van der Waals surface area contributed by atoms with Gasteiger partial charge in [0.1, 0.15) is 0 Å². The maximum absolute atomic E-state index is 12.3. The lowest BCUT2D eigenvalue weighted by Gasteiger charge is -2.33. The minimum atomic E-state index is 0.266. The summed E-state index contributed by atoms with van der Waals surface area (Å²) < 4.78 is 0. The topological polar surface area (TPSA) is 35.6 Å². The van der Waals surface area contributed by atoms with Crippen LogP contribution < -0.4 is 5.32 Å². The first-order valence-electron chi connectivity index (χ1n) is 7.31. The minimum absolute atomic E-state index is 0.266. The van der Waals surface area contributed by atoms with Gasteiger partial charge in [0.25, 0.3) is 0 Å². The molecule has 2 heterocycles. The van der Waals surface area contributed by atoms with E-state index < -0.39 is 0 Å². The number of nitrogens with one attached hydrogen (secondary N) is 1. The molecule has 0 unspecified atom stereocenters. The van der Waals surface area contributed by atoms with Crippen LogP contribution in [0.15, 0.2) is 0 Å². The quantitative estimate of drug-likeness (QED) is 0.807. The molecule has 2 aliphatic rings. The molecular formula is C14H27N3O. The molecule has 2 saturated heterocycles. The Morgan fingerprint density at radius 2 is 1.83 bits per heavy atom. The summed E-state index contributed by atoms with van der Waals surface area (Å²) in [4.78, 5) is 16.7. The number of carbonyl (C=O) groups is 1. The number of hydrogen-bond acceptors (Lipinski definition) is 3. The van der Waals surface area contributed by atoms with E-state index in [-0.39, 0.29) is 5.92 Å². The van der Waals surface area contributed by atoms with E-state index in [2.05, 4.69) is 17.3 Å². The molecule has 0 aromatic rings. The molecule has 0 atom stereocenters. The highest BCUT2D eigenvalue weighted by molar-refractivity contribution is 5.78. The summed E-state index contributed by atoms with van der Waals surface area (Å²) in [5.41, 5.74) is 0. The van der Waals surface area contributed by atoms with Crippen LogP contribution in [0, 0.1) is 11.8 Å². The first-order valence-corrected chi connectivity index (χ1v) is 7.31. The van der Waals surface area contributed by atoms with Crippen molar-refractivity contribution in [1.29, 1.82) is 0 Å². The molecule has 18 heavy (non-hydrogen) atoms. The van der Waals surface area contributed by atoms with Gasteiger partial charge in [-0.2, -0.15) is 0 Å². The van der Waals surface area contributed by atoms with E-state index in [0.29, 0.717) is 11.8 Å². The monoisotopic (exact) mass is 253 g/mol. The second kappa shape index (κ2) is 6.53. The molecule has 2 fully saturated rings. The van der Waals surface area contributed by atoms with Crippen molar-refractivity contribution in [3.63, 3.8) is 0 Å². The van der Waals surface area contributed by atoms with E-state index in [1.165, 1.54) is 25.9 Å². The Labute approximate surface area is 111 Å². The number of piperidine rings is 2. The lowest BCUT2D eigenvalue weighted by molar-refractivity contribution is -0.135. The third-order valence-electron chi connectivity index (χ3n) is 4.43. The molecule has 2 rings (SSSR count). The first-order chi connectivity index (χ1) is 8.66. The molecule has 0 spiro atoms. The normalized spacial score (nSPS) is 24.1. The van der Waals surface area contributed by atoms with Gasteiger partial charge in [0, 0.05) is 19.5 Å². The molecule has 0 saturated carbocycles. The van der Waals surface area contributed by atoms with Crippen molar-refractivity contribution in [2.45, 2.75) is 25.7 Å². The summed E-state index contributed by atoms with van der Waals surface area (Å²) in [5, 5.41) is 3.32. The molecule has 4 heteroatoms. The zero-order chi connectivity index (χ0) is 13.0. The Balaban J connectivity index is 1.76. The summed E-state index contributed by atoms with van der Waals surface area (Å²) in [6.07, 6.45) is 4.49. The van der Waals surface area contributed by atoms with E-state index in [4.69, 9.17) is 0 Å². The van der Waals surface area contributed by atoms with Gasteiger partial charge in [0.2, 0.25) is 5.91 Å². The van der Waals surface area contributed by atoms with Crippen LogP contribution >= 0.6 is 0 Å². The van der Waals surface area contributed by atoms with Gasteiger partial charge in [-0.05, 0) is 64.8 Å². The smallest absolute Gasteiger partial charge is 0.225 e. The summed E-state index contributed by atoms with van der Waals surface area (Å²) in [7, 11) is 4.17. The number of likely N-dealkylation sites (tertiary alicyclic amines) is 1. The van der Waals surface area contributed by atoms with E-state index in [1.54, 1.807) is 0 Å². The Hall–Kier alpha value is -0.610. The predicted molar refractivity (Wildman–Crippen MR) is 73.5 cm³/mol. The third-order valence-corrected chi connectivity index (χ3v) is 4.43. The van der Waals surface area contributed by atoms with Gasteiger partial charge in [-0.3, -0.25) is 4.79 Å². The Kier molecular flexibility index (Phi) is 5.01. The minimum Gasteiger partial charge on any atom is -0.345 e. The van der Waals surface area contributed by atoms with Gasteiger partial charge in [-0.15, -0.1) is 0 Å². The zero-order valence-corrected chi connectivity index (χ0v) is 11.8. The van der Waals surface area contributed by atoms with E-state index in [0.717, 1.165) is 32.5 Å². The highest BCUT2D eigenvalue weighted by atomic mass is 16.2. The number of hydrogen-bond donors (Lipinski definition) is 1. The van der Waals surface area contributed by atoms with Crippen molar-refractivity contribution in [3.05, 3.63) is 0 Å². The lowest BCUT2D eigenvalue weighted by atomic mass is 9.94. The fraction of sp³-hybridized carbons (Fsp3) is 0.929. The predicted octanol–water partition coefficient (Wildman–Crippen LogP) is 0.786. The fourth-order valence-electron chi connectivity index (χ4n) is 3.10. The third kappa shape index (κ3) is 3.69. The van der Waals surface area contributed by atoms with Crippen molar-refractivity contribution in [3.8, 4) is 0 Å². The van der Waals surface area contributed by atoms with E-state index in [1.807, 2.05) is 11.9 Å². The van der Waals surface area contributed by atoms with Crippen molar-refractivity contribution in [1.82, 2.24) is 15.1 Å². The first kappa shape index (κ1) is 13.8. The maximum atomic E-state index is 12.3. The number of rotatable bonds is 3. The van der Waals surface area contributed by atoms with Crippen LogP contribution in [-0.2, 0) is 4.79 Å². The van der Waals surface area contributed by atoms with Gasteiger partial charge < -0.3 is 15.1 Å². The summed E-state index contributed by atoms with van der Waals surface area (Å²) >= 11 is 0. The van der Waals surface area contributed by atoms with Gasteiger partial charge >= 0.3 is 0 Å². The highest BCUT2D eigenvalue weighted by Crippen LogP contribution is 2.19. The van der Waals surface area contributed by atoms with Crippen molar-refractivity contribution in [2.24, 2.45) is 11.8 Å². The Morgan fingerprint density at radius 3 is 2.44 bits per heavy atom. The molecule has 1 amide bonds. The second-order valence-electron chi connectivity index (χ2n) is 5.99. The Bertz CT molecular complexity index is 268. The van der Waals surface area contributed by atoms with Crippen LogP contribution in [0.2, 0.25) is 0 Å². The lowest BCUT2D eigenvalue weighted by Crippen LogP contribution is -2.42. The maximum Gasteiger partial charge on any atom is 0.225 e. The molecule has 0 bridgehead atoms. The Morgan fingerprint density at radius 1 is 1.22 bits per heavy atom. The number of amides is 1. The second-order valence-corrected chi connectivity index (χ2v) is 5.99. The SMILES string of the molecule is CN1CCC(CN(C)C(=O)C2CCNCC2)CC1. The molecular weight excluding hydrogens is 226 g/mol. The molecule has 0 aromatic heterocycles. The molecule has 104 valence electrons. The van der Waals surface area contributed by atoms with Crippen LogP contribution in [0.3, 0.4) is 0 Å².